The minimum Gasteiger partial charge on any atom is -0.306 e. The first-order chi connectivity index (χ1) is 15.9. The number of imidazole rings is 1. The van der Waals surface area contributed by atoms with Crippen molar-refractivity contribution in [2.45, 2.75) is 18.2 Å². The van der Waals surface area contributed by atoms with Gasteiger partial charge >= 0.3 is 0 Å². The summed E-state index contributed by atoms with van der Waals surface area (Å²) in [5.74, 6) is 0.136. The van der Waals surface area contributed by atoms with E-state index in [1.165, 1.54) is 24.3 Å². The third kappa shape index (κ3) is 4.62. The van der Waals surface area contributed by atoms with Gasteiger partial charge in [-0.2, -0.15) is 5.26 Å². The molecule has 0 aliphatic carbocycles. The van der Waals surface area contributed by atoms with Gasteiger partial charge in [-0.15, -0.1) is 0 Å². The van der Waals surface area contributed by atoms with Gasteiger partial charge in [0.15, 0.2) is 0 Å². The van der Waals surface area contributed by atoms with Gasteiger partial charge in [0.05, 0.1) is 11.0 Å². The van der Waals surface area contributed by atoms with Crippen molar-refractivity contribution in [3.05, 3.63) is 84.1 Å². The lowest BCUT2D eigenvalue weighted by atomic mass is 10.1. The van der Waals surface area contributed by atoms with E-state index < -0.39 is 15.9 Å². The highest BCUT2D eigenvalue weighted by Crippen LogP contribution is 2.30. The molecule has 9 heteroatoms. The number of amides is 1. The summed E-state index contributed by atoms with van der Waals surface area (Å²) < 4.78 is 28.8. The van der Waals surface area contributed by atoms with Crippen molar-refractivity contribution in [2.24, 2.45) is 0 Å². The zero-order chi connectivity index (χ0) is 23.4. The van der Waals surface area contributed by atoms with E-state index in [-0.39, 0.29) is 17.9 Å². The molecule has 0 atom stereocenters. The molecule has 2 aromatic carbocycles. The van der Waals surface area contributed by atoms with E-state index in [9.17, 15) is 13.2 Å². The van der Waals surface area contributed by atoms with E-state index >= 15 is 0 Å². The Balaban J connectivity index is 1.65. The highest BCUT2D eigenvalue weighted by atomic mass is 32.2. The Labute approximate surface area is 191 Å². The van der Waals surface area contributed by atoms with E-state index in [0.29, 0.717) is 17.1 Å². The number of nitrogens with one attached hydrogen (secondary N) is 2. The summed E-state index contributed by atoms with van der Waals surface area (Å²) in [7, 11) is -3.75. The molecule has 0 saturated heterocycles. The Bertz CT molecular complexity index is 1450. The molecule has 0 aliphatic rings. The normalized spacial score (nSPS) is 11.3. The fraction of sp³-hybridized carbons (Fsp3) is 0.125. The first-order valence-corrected chi connectivity index (χ1v) is 11.7. The first-order valence-electron chi connectivity index (χ1n) is 10.2. The smallest absolute Gasteiger partial charge is 0.256 e. The second-order valence-corrected chi connectivity index (χ2v) is 9.11. The van der Waals surface area contributed by atoms with E-state index in [4.69, 9.17) is 10.2 Å². The van der Waals surface area contributed by atoms with Crippen molar-refractivity contribution in [1.29, 1.82) is 5.26 Å². The Morgan fingerprint density at radius 3 is 2.48 bits per heavy atom. The number of aromatic nitrogens is 2. The monoisotopic (exact) mass is 459 g/mol. The van der Waals surface area contributed by atoms with Crippen LogP contribution < -0.4 is 10.0 Å². The summed E-state index contributed by atoms with van der Waals surface area (Å²) in [6, 6.07) is 20.9. The minimum atomic E-state index is -3.75. The number of hydrogen-bond donors (Lipinski definition) is 2. The fourth-order valence-corrected chi connectivity index (χ4v) is 4.44. The van der Waals surface area contributed by atoms with Crippen LogP contribution in [0.25, 0.3) is 16.9 Å². The average molecular weight is 460 g/mol. The molecule has 0 radical (unpaired) electrons. The number of benzene rings is 2. The summed E-state index contributed by atoms with van der Waals surface area (Å²) in [6.45, 7) is 1.98. The number of rotatable bonds is 7. The highest BCUT2D eigenvalue weighted by Gasteiger charge is 2.19. The molecular formula is C24H21N5O3S. The minimum absolute atomic E-state index is 0.0207. The fourth-order valence-electron chi connectivity index (χ4n) is 3.41. The van der Waals surface area contributed by atoms with Crippen LogP contribution in [0.15, 0.2) is 77.8 Å². The van der Waals surface area contributed by atoms with Crippen LogP contribution in [-0.4, -0.2) is 30.3 Å². The van der Waals surface area contributed by atoms with E-state index in [1.807, 2.05) is 66.1 Å². The lowest BCUT2D eigenvalue weighted by molar-refractivity contribution is 0.102. The number of nitrogens with zero attached hydrogens (tertiary/aromatic N) is 3. The Morgan fingerprint density at radius 2 is 1.79 bits per heavy atom. The second-order valence-electron chi connectivity index (χ2n) is 7.34. The molecular weight excluding hydrogens is 438 g/mol. The maximum absolute atomic E-state index is 13.0. The number of fused-ring (bicyclic) bond motifs is 1. The lowest BCUT2D eigenvalue weighted by Crippen LogP contribution is -2.24. The van der Waals surface area contributed by atoms with Gasteiger partial charge in [-0.1, -0.05) is 36.4 Å². The quantitative estimate of drug-likeness (QED) is 0.408. The molecule has 2 N–H and O–H groups in total. The summed E-state index contributed by atoms with van der Waals surface area (Å²) in [6.07, 6.45) is 1.90. The van der Waals surface area contributed by atoms with Crippen LogP contribution in [0.3, 0.4) is 0 Å². The van der Waals surface area contributed by atoms with Crippen LogP contribution in [0.1, 0.15) is 22.3 Å². The van der Waals surface area contributed by atoms with Gasteiger partial charge in [-0.05, 0) is 42.8 Å². The van der Waals surface area contributed by atoms with Crippen LogP contribution in [0, 0.1) is 18.3 Å². The first kappa shape index (κ1) is 22.2. The topological polar surface area (TPSA) is 116 Å². The molecule has 4 aromatic rings. The largest absolute Gasteiger partial charge is 0.306 e. The van der Waals surface area contributed by atoms with Crippen LogP contribution in [0.5, 0.6) is 0 Å². The summed E-state index contributed by atoms with van der Waals surface area (Å²) in [5.41, 5.74) is 3.50. The molecule has 0 unspecified atom stereocenters. The number of aryl methyl sites for hydroxylation is 1. The van der Waals surface area contributed by atoms with Gasteiger partial charge in [-0.3, -0.25) is 9.20 Å². The van der Waals surface area contributed by atoms with Gasteiger partial charge < -0.3 is 5.32 Å². The standard InChI is InChI=1S/C24H21N5O3S/c1-17-7-5-16-29-22(17)27-21(18-8-3-2-4-9-18)23(29)28-24(30)19-10-12-20(13-11-19)33(31,32)26-15-6-14-25/h2-5,7-13,16,26H,6,15H2,1H3,(H,28,30). The number of carbonyl (C=O) groups excluding carboxylic acids is 1. The van der Waals surface area contributed by atoms with Crippen molar-refractivity contribution in [3.8, 4) is 17.3 Å². The third-order valence-electron chi connectivity index (χ3n) is 5.08. The third-order valence-corrected chi connectivity index (χ3v) is 6.56. The molecule has 0 spiro atoms. The van der Waals surface area contributed by atoms with E-state index in [2.05, 4.69) is 10.0 Å². The van der Waals surface area contributed by atoms with Gasteiger partial charge in [0.1, 0.15) is 17.2 Å². The second kappa shape index (κ2) is 9.24. The Hall–Kier alpha value is -4.00. The molecule has 4 rings (SSSR count). The van der Waals surface area contributed by atoms with E-state index in [1.54, 1.807) is 0 Å². The van der Waals surface area contributed by atoms with Crippen molar-refractivity contribution in [3.63, 3.8) is 0 Å². The van der Waals surface area contributed by atoms with Crippen molar-refractivity contribution < 1.29 is 13.2 Å². The molecule has 2 aromatic heterocycles. The molecule has 0 saturated carbocycles. The summed E-state index contributed by atoms with van der Waals surface area (Å²) >= 11 is 0. The molecule has 0 aliphatic heterocycles. The molecule has 166 valence electrons. The predicted octanol–water partition coefficient (Wildman–Crippen LogP) is 3.75. The number of sulfonamides is 1. The van der Waals surface area contributed by atoms with Crippen LogP contribution in [-0.2, 0) is 10.0 Å². The molecule has 1 amide bonds. The predicted molar refractivity (Wildman–Crippen MR) is 125 cm³/mol. The number of carbonyl (C=O) groups is 1. The molecule has 0 fully saturated rings. The summed E-state index contributed by atoms with van der Waals surface area (Å²) in [5, 5.41) is 11.5. The van der Waals surface area contributed by atoms with Gasteiger partial charge in [0.2, 0.25) is 10.0 Å². The van der Waals surface area contributed by atoms with Crippen molar-refractivity contribution >= 4 is 27.4 Å². The number of nitriles is 1. The maximum atomic E-state index is 13.0. The number of hydrogen-bond acceptors (Lipinski definition) is 5. The van der Waals surface area contributed by atoms with Crippen molar-refractivity contribution in [1.82, 2.24) is 14.1 Å². The van der Waals surface area contributed by atoms with Gasteiger partial charge in [0, 0.05) is 30.3 Å². The SMILES string of the molecule is Cc1cccn2c(NC(=O)c3ccc(S(=O)(=O)NCCC#N)cc3)c(-c3ccccc3)nc12. The maximum Gasteiger partial charge on any atom is 0.256 e. The molecule has 0 bridgehead atoms. The lowest BCUT2D eigenvalue weighted by Gasteiger charge is -2.09. The van der Waals surface area contributed by atoms with Crippen LogP contribution in [0.2, 0.25) is 0 Å². The number of pyridine rings is 1. The van der Waals surface area contributed by atoms with Gasteiger partial charge in [0.25, 0.3) is 5.91 Å². The van der Waals surface area contributed by atoms with Gasteiger partial charge in [-0.25, -0.2) is 18.1 Å². The zero-order valence-corrected chi connectivity index (χ0v) is 18.6. The highest BCUT2D eigenvalue weighted by molar-refractivity contribution is 7.89. The number of anilines is 1. The van der Waals surface area contributed by atoms with Crippen LogP contribution in [0.4, 0.5) is 5.82 Å². The van der Waals surface area contributed by atoms with Crippen molar-refractivity contribution in [2.75, 3.05) is 11.9 Å². The average Bonchev–Trinajstić information content (AvgIpc) is 3.19. The van der Waals surface area contributed by atoms with E-state index in [0.717, 1.165) is 16.8 Å². The Kier molecular flexibility index (Phi) is 6.22. The van der Waals surface area contributed by atoms with Crippen LogP contribution >= 0.6 is 0 Å². The zero-order valence-electron chi connectivity index (χ0n) is 17.8. The molecule has 2 heterocycles. The summed E-state index contributed by atoms with van der Waals surface area (Å²) in [4.78, 5) is 17.8. The molecule has 8 nitrogen and oxygen atoms in total. The molecule has 33 heavy (non-hydrogen) atoms. The Morgan fingerprint density at radius 1 is 1.06 bits per heavy atom.